The molecule has 0 spiro atoms. The zero-order valence-electron chi connectivity index (χ0n) is 13.3. The Morgan fingerprint density at radius 1 is 0.958 bits per heavy atom. The van der Waals surface area contributed by atoms with E-state index in [-0.39, 0.29) is 0 Å². The monoisotopic (exact) mass is 351 g/mol. The minimum atomic E-state index is -5.14. The van der Waals surface area contributed by atoms with Gasteiger partial charge < -0.3 is 19.7 Å². The summed E-state index contributed by atoms with van der Waals surface area (Å²) in [5, 5.41) is 18.4. The van der Waals surface area contributed by atoms with Crippen LogP contribution in [-0.2, 0) is 6.18 Å². The molecule has 24 heavy (non-hydrogen) atoms. The first-order chi connectivity index (χ1) is 10.9. The number of nitrogens with zero attached hydrogens (tertiary/aromatic N) is 1. The minimum absolute atomic E-state index is 0.695. The lowest BCUT2D eigenvalue weighted by molar-refractivity contribution is -0.142. The number of pyridine rings is 1. The highest BCUT2D eigenvalue weighted by atomic mass is 19.4. The van der Waals surface area contributed by atoms with E-state index in [0.717, 1.165) is 0 Å². The van der Waals surface area contributed by atoms with E-state index in [1.807, 2.05) is 0 Å². The van der Waals surface area contributed by atoms with E-state index in [9.17, 15) is 27.9 Å². The van der Waals surface area contributed by atoms with Crippen molar-refractivity contribution < 1.29 is 42.4 Å². The van der Waals surface area contributed by atoms with Crippen LogP contribution in [0.2, 0.25) is 0 Å². The van der Waals surface area contributed by atoms with Gasteiger partial charge in [-0.1, -0.05) is 0 Å². The molecule has 0 saturated carbocycles. The van der Waals surface area contributed by atoms with Crippen LogP contribution in [0.25, 0.3) is 0 Å². The topological polar surface area (TPSA) is 106 Å². The third kappa shape index (κ3) is 4.27. The summed E-state index contributed by atoms with van der Waals surface area (Å²) in [4.78, 5) is 25.9. The van der Waals surface area contributed by atoms with Crippen LogP contribution in [0.1, 0.15) is 54.1 Å². The molecule has 0 aromatic carbocycles. The molecule has 10 heteroatoms. The third-order valence-electron chi connectivity index (χ3n) is 2.52. The van der Waals surface area contributed by atoms with E-state index in [0.29, 0.717) is 0 Å². The Morgan fingerprint density at radius 2 is 1.42 bits per heavy atom. The molecule has 7 nitrogen and oxygen atoms in total. The van der Waals surface area contributed by atoms with Gasteiger partial charge in [0.2, 0.25) is 5.88 Å². The normalized spacial score (nSPS) is 11.7. The van der Waals surface area contributed by atoms with Gasteiger partial charge in [-0.3, -0.25) is 0 Å². The molecule has 0 fully saturated rings. The first-order valence-corrected chi connectivity index (χ1v) is 6.81. The molecule has 1 aromatic rings. The van der Waals surface area contributed by atoms with Gasteiger partial charge in [0.05, 0.1) is 12.2 Å². The first-order valence-electron chi connectivity index (χ1n) is 6.81. The van der Waals surface area contributed by atoms with Crippen molar-refractivity contribution in [2.75, 3.05) is 0 Å². The molecule has 134 valence electrons. The van der Waals surface area contributed by atoms with Crippen molar-refractivity contribution in [3.8, 4) is 11.6 Å². The highest BCUT2D eigenvalue weighted by Gasteiger charge is 2.43. The lowest BCUT2D eigenvalue weighted by Crippen LogP contribution is -2.23. The number of rotatable bonds is 6. The predicted molar refractivity (Wildman–Crippen MR) is 74.7 cm³/mol. The SMILES string of the molecule is CC(C)Oc1nc(C(F)(F)F)c(C(=O)O)c(OC(C)C)c1C(=O)O. The maximum atomic E-state index is 13.2. The number of hydrogen-bond acceptors (Lipinski definition) is 5. The third-order valence-corrected chi connectivity index (χ3v) is 2.52. The van der Waals surface area contributed by atoms with Crippen LogP contribution in [0.15, 0.2) is 0 Å². The Bertz CT molecular complexity index is 655. The maximum absolute atomic E-state index is 13.2. The molecule has 0 radical (unpaired) electrons. The lowest BCUT2D eigenvalue weighted by Gasteiger charge is -2.21. The fraction of sp³-hybridized carbons (Fsp3) is 0.500. The average molecular weight is 351 g/mol. The van der Waals surface area contributed by atoms with Gasteiger partial charge in [0.25, 0.3) is 0 Å². The van der Waals surface area contributed by atoms with Crippen molar-refractivity contribution in [3.05, 3.63) is 16.8 Å². The van der Waals surface area contributed by atoms with Gasteiger partial charge in [-0.05, 0) is 27.7 Å². The number of carboxylic acids is 2. The van der Waals surface area contributed by atoms with Crippen molar-refractivity contribution in [2.45, 2.75) is 46.1 Å². The molecule has 1 rings (SSSR count). The van der Waals surface area contributed by atoms with Crippen LogP contribution >= 0.6 is 0 Å². The Balaban J connectivity index is 3.94. The molecule has 1 aromatic heterocycles. The molecule has 0 amide bonds. The van der Waals surface area contributed by atoms with Gasteiger partial charge in [-0.25, -0.2) is 14.6 Å². The summed E-state index contributed by atoms with van der Waals surface area (Å²) in [6, 6.07) is 0. The second-order valence-electron chi connectivity index (χ2n) is 5.29. The second kappa shape index (κ2) is 6.93. The number of halogens is 3. The molecule has 0 saturated heterocycles. The lowest BCUT2D eigenvalue weighted by atomic mass is 10.1. The second-order valence-corrected chi connectivity index (χ2v) is 5.29. The van der Waals surface area contributed by atoms with Crippen molar-refractivity contribution in [1.29, 1.82) is 0 Å². The number of carbonyl (C=O) groups is 2. The molecular formula is C14H16F3NO6. The summed E-state index contributed by atoms with van der Waals surface area (Å²) < 4.78 is 49.7. The summed E-state index contributed by atoms with van der Waals surface area (Å²) in [5.74, 6) is -5.53. The van der Waals surface area contributed by atoms with Crippen molar-refractivity contribution in [3.63, 3.8) is 0 Å². The first kappa shape index (κ1) is 19.5. The molecule has 0 aliphatic carbocycles. The summed E-state index contributed by atoms with van der Waals surface area (Å²) in [5.41, 5.74) is -4.03. The predicted octanol–water partition coefficient (Wildman–Crippen LogP) is 3.07. The van der Waals surface area contributed by atoms with E-state index < -0.39 is 58.8 Å². The van der Waals surface area contributed by atoms with E-state index >= 15 is 0 Å². The summed E-state index contributed by atoms with van der Waals surface area (Å²) in [6.45, 7) is 5.73. The Labute approximate surface area is 135 Å². The number of alkyl halides is 3. The van der Waals surface area contributed by atoms with Gasteiger partial charge in [-0.15, -0.1) is 0 Å². The Kier molecular flexibility index (Phi) is 5.64. The molecule has 2 N–H and O–H groups in total. The smallest absolute Gasteiger partial charge is 0.434 e. The minimum Gasteiger partial charge on any atom is -0.489 e. The van der Waals surface area contributed by atoms with Crippen LogP contribution in [0, 0.1) is 0 Å². The van der Waals surface area contributed by atoms with E-state index in [1.165, 1.54) is 27.7 Å². The highest BCUT2D eigenvalue weighted by Crippen LogP contribution is 2.40. The molecule has 1 heterocycles. The highest BCUT2D eigenvalue weighted by molar-refractivity contribution is 6.01. The van der Waals surface area contributed by atoms with E-state index in [4.69, 9.17) is 14.6 Å². The fourth-order valence-corrected chi connectivity index (χ4v) is 1.80. The molecule has 0 unspecified atom stereocenters. The summed E-state index contributed by atoms with van der Waals surface area (Å²) >= 11 is 0. The zero-order chi connectivity index (χ0) is 18.8. The molecule has 0 atom stereocenters. The van der Waals surface area contributed by atoms with Crippen LogP contribution in [0.5, 0.6) is 11.6 Å². The molecule has 0 bridgehead atoms. The van der Waals surface area contributed by atoms with Crippen LogP contribution in [0.3, 0.4) is 0 Å². The van der Waals surface area contributed by atoms with Gasteiger partial charge in [0.1, 0.15) is 5.56 Å². The van der Waals surface area contributed by atoms with Crippen LogP contribution in [0.4, 0.5) is 13.2 Å². The molecule has 0 aliphatic heterocycles. The standard InChI is InChI=1S/C14H16F3NO6/c1-5(2)23-9-7(12(19)20)10(14(15,16)17)18-11(24-6(3)4)8(9)13(21)22/h5-6H,1-4H3,(H,19,20)(H,21,22). The number of aromatic carboxylic acids is 2. The van der Waals surface area contributed by atoms with Crippen molar-refractivity contribution in [2.24, 2.45) is 0 Å². The van der Waals surface area contributed by atoms with E-state index in [1.54, 1.807) is 0 Å². The maximum Gasteiger partial charge on any atom is 0.434 e. The zero-order valence-corrected chi connectivity index (χ0v) is 13.3. The van der Waals surface area contributed by atoms with Gasteiger partial charge in [0.15, 0.2) is 17.0 Å². The number of ether oxygens (including phenoxy) is 2. The summed E-state index contributed by atoms with van der Waals surface area (Å²) in [6.07, 6.45) is -6.62. The summed E-state index contributed by atoms with van der Waals surface area (Å²) in [7, 11) is 0. The van der Waals surface area contributed by atoms with Crippen molar-refractivity contribution >= 4 is 11.9 Å². The van der Waals surface area contributed by atoms with Gasteiger partial charge in [0, 0.05) is 0 Å². The largest absolute Gasteiger partial charge is 0.489 e. The fourth-order valence-electron chi connectivity index (χ4n) is 1.80. The number of carboxylic acid groups (broad SMARTS) is 2. The van der Waals surface area contributed by atoms with E-state index in [2.05, 4.69) is 4.98 Å². The number of aromatic nitrogens is 1. The van der Waals surface area contributed by atoms with Crippen LogP contribution < -0.4 is 9.47 Å². The number of hydrogen-bond donors (Lipinski definition) is 2. The molecular weight excluding hydrogens is 335 g/mol. The van der Waals surface area contributed by atoms with Crippen molar-refractivity contribution in [1.82, 2.24) is 4.98 Å². The van der Waals surface area contributed by atoms with Crippen LogP contribution in [-0.4, -0.2) is 39.3 Å². The Morgan fingerprint density at radius 3 is 1.75 bits per heavy atom. The average Bonchev–Trinajstić information content (AvgIpc) is 2.34. The quantitative estimate of drug-likeness (QED) is 0.811. The Hall–Kier alpha value is -2.52. The van der Waals surface area contributed by atoms with Gasteiger partial charge in [-0.2, -0.15) is 13.2 Å². The molecule has 0 aliphatic rings. The van der Waals surface area contributed by atoms with Gasteiger partial charge >= 0.3 is 18.1 Å².